The van der Waals surface area contributed by atoms with Crippen molar-refractivity contribution >= 4 is 66.2 Å². The first-order chi connectivity index (χ1) is 24.3. The van der Waals surface area contributed by atoms with Crippen LogP contribution in [-0.4, -0.2) is 52.4 Å². The van der Waals surface area contributed by atoms with Gasteiger partial charge < -0.3 is 5.11 Å². The van der Waals surface area contributed by atoms with Gasteiger partial charge in [-0.1, -0.05) is 0 Å². The van der Waals surface area contributed by atoms with E-state index in [-0.39, 0.29) is 11.4 Å². The monoisotopic (exact) mass is 754 g/mol. The Morgan fingerprint density at radius 2 is 1.33 bits per heavy atom. The molecular formula is C28H18N8O14S2. The van der Waals surface area contributed by atoms with Gasteiger partial charge in [0.1, 0.15) is 21.7 Å². The van der Waals surface area contributed by atoms with E-state index >= 15 is 0 Å². The Morgan fingerprint density at radius 1 is 0.692 bits per heavy atom. The summed E-state index contributed by atoms with van der Waals surface area (Å²) >= 11 is 0. The van der Waals surface area contributed by atoms with E-state index in [1.807, 2.05) is 0 Å². The molecule has 4 aromatic rings. The van der Waals surface area contributed by atoms with Crippen LogP contribution in [0.2, 0.25) is 0 Å². The number of hydrogen-bond donors (Lipinski definition) is 6. The molecule has 0 saturated heterocycles. The van der Waals surface area contributed by atoms with E-state index in [2.05, 4.69) is 31.6 Å². The summed E-state index contributed by atoms with van der Waals surface area (Å²) in [5.41, 5.74) is 0.910. The van der Waals surface area contributed by atoms with Gasteiger partial charge in [0.05, 0.1) is 31.7 Å². The van der Waals surface area contributed by atoms with Crippen LogP contribution >= 0.6 is 0 Å². The third-order valence-electron chi connectivity index (χ3n) is 6.90. The zero-order valence-electron chi connectivity index (χ0n) is 25.3. The summed E-state index contributed by atoms with van der Waals surface area (Å²) in [5.74, 6) is -1.97. The normalized spacial score (nSPS) is 14.5. The molecule has 0 unspecified atom stereocenters. The maximum absolute atomic E-state index is 13.8. The Labute approximate surface area is 287 Å². The van der Waals surface area contributed by atoms with Crippen molar-refractivity contribution in [3.8, 4) is 5.75 Å². The van der Waals surface area contributed by atoms with Crippen LogP contribution < -0.4 is 37.8 Å². The number of aromatic hydroxyl groups is 1. The molecule has 0 aliphatic heterocycles. The summed E-state index contributed by atoms with van der Waals surface area (Å²) in [6, 6.07) is 10.5. The largest absolute Gasteiger partial charge is 0.506 e. The molecule has 52 heavy (non-hydrogen) atoms. The minimum atomic E-state index is -5.32. The van der Waals surface area contributed by atoms with E-state index in [9.17, 15) is 65.7 Å². The molecule has 0 spiro atoms. The fourth-order valence-electron chi connectivity index (χ4n) is 4.46. The quantitative estimate of drug-likeness (QED) is 0.0564. The lowest BCUT2D eigenvalue weighted by molar-refractivity contribution is -0.385. The number of hydrogen-bond acceptors (Lipinski definition) is 18. The number of anilines is 3. The Kier molecular flexibility index (Phi) is 9.56. The standard InChI is InChI=1S/C28H18N8O14S2/c37-21-7-5-16(36(43)44)11-19(21)31-34-26-23(52(48,49)50)10-13-9-17(51(45,46)47)12-20(24(13)28(26)40)32-30-18-6-8-22(38)25(27(18)39)33-29-14-1-3-15(4-2-14)35(41)42/h1-12,29,31-32,37H,(H,45,46,47)(H,48,49,50). The Bertz CT molecular complexity index is 2740. The van der Waals surface area contributed by atoms with E-state index in [0.29, 0.717) is 18.2 Å². The van der Waals surface area contributed by atoms with Crippen LogP contribution in [-0.2, 0) is 20.2 Å². The maximum atomic E-state index is 13.8. The number of phenolic OH excluding ortho intramolecular Hbond substituents is 1. The van der Waals surface area contributed by atoms with Crippen LogP contribution in [0.4, 0.5) is 28.4 Å². The summed E-state index contributed by atoms with van der Waals surface area (Å²) in [7, 11) is -10.4. The number of hydrazone groups is 1. The summed E-state index contributed by atoms with van der Waals surface area (Å²) < 4.78 is 68.5. The Morgan fingerprint density at radius 3 is 1.94 bits per heavy atom. The number of nitrogens with zero attached hydrogens (tertiary/aromatic N) is 5. The SMILES string of the molecule is O=C1C(=NNc2cc([N+](=O)[O-])ccc2O)C(S(=O)(=O)O)=Cc2cc(S(=O)(=O)O)cc(NN=c3ccc(=O)c(=NNc4ccc([N+](=O)[O-])cc4)c3=O)c21. The third-order valence-corrected chi connectivity index (χ3v) is 8.60. The number of allylic oxidation sites excluding steroid dienone is 1. The first kappa shape index (κ1) is 36.3. The molecule has 266 valence electrons. The minimum Gasteiger partial charge on any atom is -0.506 e. The molecule has 0 aromatic heterocycles. The molecule has 4 aromatic carbocycles. The number of rotatable bonds is 10. The van der Waals surface area contributed by atoms with Crippen molar-refractivity contribution in [2.24, 2.45) is 15.3 Å². The lowest BCUT2D eigenvalue weighted by atomic mass is 9.93. The van der Waals surface area contributed by atoms with Crippen LogP contribution in [0, 0.1) is 20.2 Å². The number of nitrogens with one attached hydrogen (secondary N) is 3. The van der Waals surface area contributed by atoms with Crippen LogP contribution in [0.25, 0.3) is 6.08 Å². The molecule has 5 rings (SSSR count). The number of carbonyl (C=O) groups excluding carboxylic acids is 1. The van der Waals surface area contributed by atoms with Gasteiger partial charge in [-0.3, -0.25) is 60.0 Å². The first-order valence-corrected chi connectivity index (χ1v) is 16.6. The molecule has 24 heteroatoms. The van der Waals surface area contributed by atoms with Crippen LogP contribution in [0.3, 0.4) is 0 Å². The predicted molar refractivity (Wildman–Crippen MR) is 179 cm³/mol. The highest BCUT2D eigenvalue weighted by Crippen LogP contribution is 2.34. The van der Waals surface area contributed by atoms with Crippen LogP contribution in [0.1, 0.15) is 15.9 Å². The van der Waals surface area contributed by atoms with Gasteiger partial charge in [-0.05, 0) is 54.1 Å². The highest BCUT2D eigenvalue weighted by molar-refractivity contribution is 7.91. The molecule has 1 aliphatic rings. The Balaban J connectivity index is 1.62. The Hall–Kier alpha value is -7.02. The molecule has 0 saturated carbocycles. The minimum absolute atomic E-state index is 0.155. The van der Waals surface area contributed by atoms with E-state index < -0.39 is 107 Å². The van der Waals surface area contributed by atoms with Crippen LogP contribution in [0.15, 0.2) is 101 Å². The van der Waals surface area contributed by atoms with Gasteiger partial charge in [0.25, 0.3) is 31.6 Å². The molecule has 6 N–H and O–H groups in total. The van der Waals surface area contributed by atoms with Crippen molar-refractivity contribution in [2.75, 3.05) is 16.3 Å². The summed E-state index contributed by atoms with van der Waals surface area (Å²) in [4.78, 5) is 57.8. The lowest BCUT2D eigenvalue weighted by Gasteiger charge is -2.19. The fourth-order valence-corrected chi connectivity index (χ4v) is 5.66. The van der Waals surface area contributed by atoms with Crippen LogP contribution in [0.5, 0.6) is 5.75 Å². The highest BCUT2D eigenvalue weighted by atomic mass is 32.2. The van der Waals surface area contributed by atoms with E-state index in [4.69, 9.17) is 0 Å². The number of Topliss-reactive ketones (excluding diaryl/α,β-unsaturated/α-hetero) is 1. The molecular weight excluding hydrogens is 736 g/mol. The fraction of sp³-hybridized carbons (Fsp3) is 0. The molecule has 0 radical (unpaired) electrons. The van der Waals surface area contributed by atoms with Crippen molar-refractivity contribution in [3.63, 3.8) is 0 Å². The second-order valence-electron chi connectivity index (χ2n) is 10.3. The van der Waals surface area contributed by atoms with Crippen molar-refractivity contribution in [3.05, 3.63) is 134 Å². The molecule has 1 aliphatic carbocycles. The van der Waals surface area contributed by atoms with Crippen molar-refractivity contribution < 1.29 is 45.7 Å². The molecule has 0 atom stereocenters. The van der Waals surface area contributed by atoms with E-state index in [1.54, 1.807) is 0 Å². The zero-order chi connectivity index (χ0) is 38.1. The van der Waals surface area contributed by atoms with Gasteiger partial charge >= 0.3 is 0 Å². The topological polar surface area (TPSA) is 340 Å². The number of carbonyl (C=O) groups is 1. The zero-order valence-corrected chi connectivity index (χ0v) is 26.9. The summed E-state index contributed by atoms with van der Waals surface area (Å²) in [5, 5.41) is 42.1. The number of nitro benzene ring substituents is 2. The smallest absolute Gasteiger partial charge is 0.296 e. The van der Waals surface area contributed by atoms with Gasteiger partial charge in [-0.25, -0.2) is 0 Å². The van der Waals surface area contributed by atoms with Crippen molar-refractivity contribution in [1.82, 2.24) is 0 Å². The molecule has 0 heterocycles. The second kappa shape index (κ2) is 13.7. The van der Waals surface area contributed by atoms with Gasteiger partial charge in [-0.15, -0.1) is 0 Å². The van der Waals surface area contributed by atoms with Gasteiger partial charge in [0.2, 0.25) is 16.6 Å². The molecule has 0 bridgehead atoms. The summed E-state index contributed by atoms with van der Waals surface area (Å²) in [6.45, 7) is 0. The maximum Gasteiger partial charge on any atom is 0.296 e. The van der Waals surface area contributed by atoms with E-state index in [1.165, 1.54) is 12.1 Å². The average molecular weight is 755 g/mol. The van der Waals surface area contributed by atoms with Crippen molar-refractivity contribution in [2.45, 2.75) is 4.90 Å². The average Bonchev–Trinajstić information content (AvgIpc) is 3.06. The number of fused-ring (bicyclic) bond motifs is 1. The van der Waals surface area contributed by atoms with Gasteiger partial charge in [0.15, 0.2) is 11.1 Å². The second-order valence-corrected chi connectivity index (χ2v) is 13.1. The highest BCUT2D eigenvalue weighted by Gasteiger charge is 2.36. The molecule has 0 fully saturated rings. The number of non-ortho nitro benzene ring substituents is 2. The predicted octanol–water partition coefficient (Wildman–Crippen LogP) is 0.800. The summed E-state index contributed by atoms with van der Waals surface area (Å²) in [6.07, 6.45) is 0.603. The van der Waals surface area contributed by atoms with Crippen molar-refractivity contribution in [1.29, 1.82) is 0 Å². The third kappa shape index (κ3) is 7.58. The number of benzene rings is 4. The lowest BCUT2D eigenvalue weighted by Crippen LogP contribution is -2.48. The number of ketones is 1. The first-order valence-electron chi connectivity index (χ1n) is 13.7. The number of nitro groups is 2. The molecule has 22 nitrogen and oxygen atoms in total. The van der Waals surface area contributed by atoms with Gasteiger partial charge in [0, 0.05) is 24.3 Å². The van der Waals surface area contributed by atoms with E-state index in [0.717, 1.165) is 42.5 Å². The van der Waals surface area contributed by atoms with Gasteiger partial charge in [-0.2, -0.15) is 32.1 Å². The molecule has 0 amide bonds. The number of phenols is 1.